The molecule has 0 amide bonds. The van der Waals surface area contributed by atoms with E-state index in [2.05, 4.69) is 21.7 Å². The fourth-order valence-corrected chi connectivity index (χ4v) is 2.67. The van der Waals surface area contributed by atoms with Gasteiger partial charge in [-0.2, -0.15) is 5.26 Å². The molecule has 2 aromatic rings. The Morgan fingerprint density at radius 2 is 1.96 bits per heavy atom. The van der Waals surface area contributed by atoms with Gasteiger partial charge in [0.15, 0.2) is 5.96 Å². The van der Waals surface area contributed by atoms with Crippen LogP contribution >= 0.6 is 24.0 Å². The van der Waals surface area contributed by atoms with Gasteiger partial charge in [0.2, 0.25) is 0 Å². The molecule has 0 spiro atoms. The molecule has 28 heavy (non-hydrogen) atoms. The van der Waals surface area contributed by atoms with Crippen LogP contribution in [0.4, 0.5) is 4.39 Å². The van der Waals surface area contributed by atoms with E-state index in [0.717, 1.165) is 17.7 Å². The van der Waals surface area contributed by atoms with Gasteiger partial charge in [-0.25, -0.2) is 9.38 Å². The molecule has 0 bridgehead atoms. The summed E-state index contributed by atoms with van der Waals surface area (Å²) in [6.07, 6.45) is 0.778. The van der Waals surface area contributed by atoms with Crippen molar-refractivity contribution in [3.63, 3.8) is 0 Å². The van der Waals surface area contributed by atoms with Crippen molar-refractivity contribution < 1.29 is 9.13 Å². The van der Waals surface area contributed by atoms with Crippen molar-refractivity contribution in [3.05, 3.63) is 64.5 Å². The van der Waals surface area contributed by atoms with Crippen molar-refractivity contribution in [1.82, 2.24) is 10.6 Å². The predicted octanol–water partition coefficient (Wildman–Crippen LogP) is 3.93. The molecule has 0 heterocycles. The van der Waals surface area contributed by atoms with Gasteiger partial charge in [-0.3, -0.25) is 0 Å². The van der Waals surface area contributed by atoms with Crippen LogP contribution in [-0.4, -0.2) is 26.2 Å². The topological polar surface area (TPSA) is 69.4 Å². The molecule has 7 heteroatoms. The van der Waals surface area contributed by atoms with Crippen LogP contribution in [0.3, 0.4) is 0 Å². The van der Waals surface area contributed by atoms with Crippen molar-refractivity contribution in [2.45, 2.75) is 26.8 Å². The summed E-state index contributed by atoms with van der Waals surface area (Å²) in [7, 11) is 1.67. The van der Waals surface area contributed by atoms with E-state index in [4.69, 9.17) is 10.00 Å². The normalized spacial score (nSPS) is 10.6. The van der Waals surface area contributed by atoms with Crippen LogP contribution in [-0.2, 0) is 13.0 Å². The number of ether oxygens (including phenoxy) is 1. The van der Waals surface area contributed by atoms with Gasteiger partial charge in [0.25, 0.3) is 0 Å². The summed E-state index contributed by atoms with van der Waals surface area (Å²) in [5.41, 5.74) is 3.06. The maximum Gasteiger partial charge on any atom is 0.191 e. The van der Waals surface area contributed by atoms with Crippen LogP contribution in [0, 0.1) is 24.1 Å². The van der Waals surface area contributed by atoms with E-state index in [1.165, 1.54) is 11.6 Å². The van der Waals surface area contributed by atoms with Crippen LogP contribution in [0.1, 0.15) is 29.2 Å². The first-order valence-corrected chi connectivity index (χ1v) is 8.91. The Morgan fingerprint density at radius 1 is 1.18 bits per heavy atom. The minimum atomic E-state index is -0.418. The number of halogens is 2. The van der Waals surface area contributed by atoms with E-state index in [1.807, 2.05) is 32.0 Å². The second-order valence-electron chi connectivity index (χ2n) is 6.11. The number of methoxy groups -OCH3 is 1. The van der Waals surface area contributed by atoms with Crippen LogP contribution in [0.2, 0.25) is 0 Å². The lowest BCUT2D eigenvalue weighted by atomic mass is 10.1. The Hall–Kier alpha value is -2.34. The number of benzene rings is 2. The fourth-order valence-electron chi connectivity index (χ4n) is 2.67. The first-order valence-electron chi connectivity index (χ1n) is 8.91. The third-order valence-corrected chi connectivity index (χ3v) is 4.06. The molecule has 2 rings (SSSR count). The smallest absolute Gasteiger partial charge is 0.191 e. The standard InChI is InChI=1S/C21H25FN4O.HI/c1-4-24-21(26-14-18-7-6-16(13-23)12-19(18)22)25-10-9-17-11-15(2)5-8-20(17)27-3;/h5-8,11-12H,4,9-10,14H2,1-3H3,(H2,24,25,26);1H. The van der Waals surface area contributed by atoms with Crippen LogP contribution in [0.5, 0.6) is 5.75 Å². The van der Waals surface area contributed by atoms with Crippen molar-refractivity contribution in [2.75, 3.05) is 20.2 Å². The van der Waals surface area contributed by atoms with Crippen molar-refractivity contribution in [3.8, 4) is 11.8 Å². The Morgan fingerprint density at radius 3 is 2.61 bits per heavy atom. The van der Waals surface area contributed by atoms with Gasteiger partial charge >= 0.3 is 0 Å². The summed E-state index contributed by atoms with van der Waals surface area (Å²) >= 11 is 0. The van der Waals surface area contributed by atoms with Gasteiger partial charge < -0.3 is 15.4 Å². The summed E-state index contributed by atoms with van der Waals surface area (Å²) in [4.78, 5) is 4.43. The zero-order chi connectivity index (χ0) is 19.6. The highest BCUT2D eigenvalue weighted by Gasteiger charge is 2.06. The number of aliphatic imine (C=N–C) groups is 1. The number of rotatable bonds is 7. The number of guanidine groups is 1. The second-order valence-corrected chi connectivity index (χ2v) is 6.11. The summed E-state index contributed by atoms with van der Waals surface area (Å²) < 4.78 is 19.4. The zero-order valence-electron chi connectivity index (χ0n) is 16.4. The largest absolute Gasteiger partial charge is 0.496 e. The third-order valence-electron chi connectivity index (χ3n) is 4.06. The molecule has 0 saturated heterocycles. The Kier molecular flexibility index (Phi) is 10.3. The number of hydrogen-bond donors (Lipinski definition) is 2. The van der Waals surface area contributed by atoms with Crippen molar-refractivity contribution in [1.29, 1.82) is 5.26 Å². The lowest BCUT2D eigenvalue weighted by Gasteiger charge is -2.13. The zero-order valence-corrected chi connectivity index (χ0v) is 18.7. The molecule has 0 aliphatic heterocycles. The maximum atomic E-state index is 14.0. The van der Waals surface area contributed by atoms with Crippen molar-refractivity contribution >= 4 is 29.9 Å². The predicted molar refractivity (Wildman–Crippen MR) is 121 cm³/mol. The SMILES string of the molecule is CCNC(=NCc1ccc(C#N)cc1F)NCCc1cc(C)ccc1OC.I. The average molecular weight is 496 g/mol. The van der Waals surface area contributed by atoms with Gasteiger partial charge in [0.05, 0.1) is 25.3 Å². The van der Waals surface area contributed by atoms with E-state index in [9.17, 15) is 4.39 Å². The molecular formula is C21H26FIN4O. The molecular weight excluding hydrogens is 470 g/mol. The molecule has 2 aromatic carbocycles. The van der Waals surface area contributed by atoms with Crippen LogP contribution in [0.25, 0.3) is 0 Å². The lowest BCUT2D eigenvalue weighted by molar-refractivity contribution is 0.409. The van der Waals surface area contributed by atoms with Gasteiger partial charge in [-0.1, -0.05) is 23.8 Å². The number of nitrogens with zero attached hydrogens (tertiary/aromatic N) is 2. The molecule has 0 radical (unpaired) electrons. The number of nitriles is 1. The highest BCUT2D eigenvalue weighted by Crippen LogP contribution is 2.19. The fraction of sp³-hybridized carbons (Fsp3) is 0.333. The highest BCUT2D eigenvalue weighted by atomic mass is 127. The van der Waals surface area contributed by atoms with Gasteiger partial charge in [-0.15, -0.1) is 24.0 Å². The Labute approximate surface area is 183 Å². The Bertz CT molecular complexity index is 849. The molecule has 2 N–H and O–H groups in total. The van der Waals surface area contributed by atoms with Crippen molar-refractivity contribution in [2.24, 2.45) is 4.99 Å². The molecule has 0 unspecified atom stereocenters. The average Bonchev–Trinajstić information content (AvgIpc) is 2.67. The molecule has 0 atom stereocenters. The van der Waals surface area contributed by atoms with Gasteiger partial charge in [0, 0.05) is 18.7 Å². The summed E-state index contributed by atoms with van der Waals surface area (Å²) in [5.74, 6) is 1.06. The van der Waals surface area contributed by atoms with Crippen LogP contribution < -0.4 is 15.4 Å². The van der Waals surface area contributed by atoms with E-state index in [0.29, 0.717) is 30.2 Å². The minimum Gasteiger partial charge on any atom is -0.496 e. The molecule has 0 aromatic heterocycles. The molecule has 0 aliphatic carbocycles. The van der Waals surface area contributed by atoms with E-state index in [1.54, 1.807) is 19.2 Å². The molecule has 5 nitrogen and oxygen atoms in total. The first kappa shape index (κ1) is 23.7. The van der Waals surface area contributed by atoms with Crippen LogP contribution in [0.15, 0.2) is 41.4 Å². The monoisotopic (exact) mass is 496 g/mol. The molecule has 150 valence electrons. The third kappa shape index (κ3) is 7.00. The highest BCUT2D eigenvalue weighted by molar-refractivity contribution is 14.0. The number of nitrogens with one attached hydrogen (secondary N) is 2. The van der Waals surface area contributed by atoms with Gasteiger partial charge in [0.1, 0.15) is 11.6 Å². The molecule has 0 fully saturated rings. The van der Waals surface area contributed by atoms with E-state index >= 15 is 0 Å². The molecule has 0 saturated carbocycles. The maximum absolute atomic E-state index is 14.0. The summed E-state index contributed by atoms with van der Waals surface area (Å²) in [6.45, 7) is 5.59. The number of aryl methyl sites for hydroxylation is 1. The van der Waals surface area contributed by atoms with E-state index in [-0.39, 0.29) is 30.5 Å². The Balaban J connectivity index is 0.00000392. The first-order chi connectivity index (χ1) is 13.1. The number of hydrogen-bond acceptors (Lipinski definition) is 3. The van der Waals surface area contributed by atoms with E-state index < -0.39 is 5.82 Å². The summed E-state index contributed by atoms with van der Waals surface area (Å²) in [6, 6.07) is 12.4. The minimum absolute atomic E-state index is 0. The lowest BCUT2D eigenvalue weighted by Crippen LogP contribution is -2.38. The molecule has 0 aliphatic rings. The quantitative estimate of drug-likeness (QED) is 0.347. The second kappa shape index (κ2) is 12.2. The summed E-state index contributed by atoms with van der Waals surface area (Å²) in [5, 5.41) is 15.2. The van der Waals surface area contributed by atoms with Gasteiger partial charge in [-0.05, 0) is 44.0 Å².